The van der Waals surface area contributed by atoms with E-state index in [-0.39, 0.29) is 0 Å². The Morgan fingerprint density at radius 3 is 3.00 bits per heavy atom. The Labute approximate surface area is 62.7 Å². The fourth-order valence-corrected chi connectivity index (χ4v) is 0.842. The van der Waals surface area contributed by atoms with Crippen molar-refractivity contribution in [1.82, 2.24) is 19.7 Å². The van der Waals surface area contributed by atoms with Crippen LogP contribution >= 0.6 is 0 Å². The van der Waals surface area contributed by atoms with Gasteiger partial charge in [0.1, 0.15) is 0 Å². The summed E-state index contributed by atoms with van der Waals surface area (Å²) in [4.78, 5) is 4.02. The zero-order valence-corrected chi connectivity index (χ0v) is 5.93. The zero-order chi connectivity index (χ0) is 7.68. The molecule has 0 unspecified atom stereocenters. The third-order valence-corrected chi connectivity index (χ3v) is 1.37. The predicted octanol–water partition coefficient (Wildman–Crippen LogP) is 0.470. The van der Waals surface area contributed by atoms with Crippen LogP contribution in [0.5, 0.6) is 0 Å². The van der Waals surface area contributed by atoms with Gasteiger partial charge in [-0.25, -0.2) is 4.98 Å². The van der Waals surface area contributed by atoms with Crippen LogP contribution in [0.15, 0.2) is 23.2 Å². The molecule has 0 radical (unpaired) electrons. The van der Waals surface area contributed by atoms with Gasteiger partial charge in [0.25, 0.3) is 5.89 Å². The lowest BCUT2D eigenvalue weighted by atomic mass is 10.6. The highest BCUT2D eigenvalue weighted by atomic mass is 16.4. The van der Waals surface area contributed by atoms with Gasteiger partial charge in [-0.1, -0.05) is 0 Å². The topological polar surface area (TPSA) is 56.7 Å². The summed E-state index contributed by atoms with van der Waals surface area (Å²) < 4.78 is 6.77. The maximum Gasteiger partial charge on any atom is 0.283 e. The Morgan fingerprint density at radius 2 is 2.45 bits per heavy atom. The number of aryl methyl sites for hydroxylation is 1. The third-order valence-electron chi connectivity index (χ3n) is 1.37. The van der Waals surface area contributed by atoms with Crippen LogP contribution in [0.1, 0.15) is 0 Å². The van der Waals surface area contributed by atoms with Crippen molar-refractivity contribution in [2.75, 3.05) is 0 Å². The summed E-state index contributed by atoms with van der Waals surface area (Å²) in [5.74, 6) is 1.13. The van der Waals surface area contributed by atoms with Gasteiger partial charge in [0.2, 0.25) is 6.39 Å². The molecule has 5 heteroatoms. The van der Waals surface area contributed by atoms with Gasteiger partial charge in [-0.3, -0.25) is 0 Å². The number of hydrogen-bond donors (Lipinski definition) is 0. The fraction of sp³-hybridized carbons (Fsp3) is 0.167. The maximum absolute atomic E-state index is 4.95. The average Bonchev–Trinajstić information content (AvgIpc) is 2.55. The molecule has 0 aliphatic rings. The highest BCUT2D eigenvalue weighted by Gasteiger charge is 2.06. The molecule has 11 heavy (non-hydrogen) atoms. The molecule has 0 bridgehead atoms. The molecular weight excluding hydrogens is 144 g/mol. The van der Waals surface area contributed by atoms with Gasteiger partial charge >= 0.3 is 0 Å². The Bertz CT molecular complexity index is 337. The zero-order valence-electron chi connectivity index (χ0n) is 5.93. The summed E-state index contributed by atoms with van der Waals surface area (Å²) in [6.45, 7) is 0. The largest absolute Gasteiger partial charge is 0.421 e. The summed E-state index contributed by atoms with van der Waals surface area (Å²) in [6.07, 6.45) is 4.78. The standard InChI is InChI=1S/C6H6N4O/c1-10-3-2-7-5(10)6-9-8-4-11-6/h2-4H,1H3. The first-order valence-electron chi connectivity index (χ1n) is 3.12. The van der Waals surface area contributed by atoms with Crippen LogP contribution in [0.2, 0.25) is 0 Å². The molecule has 0 aromatic carbocycles. The lowest BCUT2D eigenvalue weighted by molar-refractivity contribution is 0.560. The minimum absolute atomic E-state index is 0.442. The molecule has 0 fully saturated rings. The Hall–Kier alpha value is -1.65. The third kappa shape index (κ3) is 0.899. The van der Waals surface area contributed by atoms with E-state index in [9.17, 15) is 0 Å². The number of nitrogens with zero attached hydrogens (tertiary/aromatic N) is 4. The van der Waals surface area contributed by atoms with E-state index >= 15 is 0 Å². The maximum atomic E-state index is 4.95. The molecule has 0 atom stereocenters. The average molecular weight is 150 g/mol. The highest BCUT2D eigenvalue weighted by molar-refractivity contribution is 5.38. The Kier molecular flexibility index (Phi) is 1.21. The summed E-state index contributed by atoms with van der Waals surface area (Å²) in [5, 5.41) is 7.27. The summed E-state index contributed by atoms with van der Waals surface area (Å²) in [5.41, 5.74) is 0. The summed E-state index contributed by atoms with van der Waals surface area (Å²) in [7, 11) is 1.87. The molecule has 0 saturated carbocycles. The molecule has 2 aromatic rings. The van der Waals surface area contributed by atoms with Gasteiger partial charge in [0, 0.05) is 19.4 Å². The van der Waals surface area contributed by atoms with Gasteiger partial charge in [0.15, 0.2) is 5.82 Å². The van der Waals surface area contributed by atoms with E-state index in [0.29, 0.717) is 11.7 Å². The number of imidazole rings is 1. The molecule has 0 aliphatic heterocycles. The SMILES string of the molecule is Cn1ccnc1-c1nnco1. The molecule has 0 N–H and O–H groups in total. The van der Waals surface area contributed by atoms with E-state index < -0.39 is 0 Å². The van der Waals surface area contributed by atoms with Gasteiger partial charge in [-0.05, 0) is 0 Å². The first kappa shape index (κ1) is 6.09. The van der Waals surface area contributed by atoms with Crippen molar-refractivity contribution in [2.45, 2.75) is 0 Å². The molecular formula is C6H6N4O. The Balaban J connectivity index is 2.53. The van der Waals surface area contributed by atoms with Crippen LogP contribution in [0.3, 0.4) is 0 Å². The molecule has 56 valence electrons. The lowest BCUT2D eigenvalue weighted by Crippen LogP contribution is -1.90. The van der Waals surface area contributed by atoms with Crippen LogP contribution in [0, 0.1) is 0 Å². The van der Waals surface area contributed by atoms with Crippen molar-refractivity contribution in [1.29, 1.82) is 0 Å². The molecule has 0 spiro atoms. The second kappa shape index (κ2) is 2.19. The second-order valence-electron chi connectivity index (χ2n) is 2.11. The van der Waals surface area contributed by atoms with Crippen LogP contribution in [-0.2, 0) is 7.05 Å². The molecule has 2 rings (SSSR count). The van der Waals surface area contributed by atoms with Crippen LogP contribution in [0.25, 0.3) is 11.7 Å². The summed E-state index contributed by atoms with van der Waals surface area (Å²) >= 11 is 0. The lowest BCUT2D eigenvalue weighted by Gasteiger charge is -1.92. The second-order valence-corrected chi connectivity index (χ2v) is 2.11. The van der Waals surface area contributed by atoms with Crippen LogP contribution in [0.4, 0.5) is 0 Å². The Morgan fingerprint density at radius 1 is 1.55 bits per heavy atom. The molecule has 0 amide bonds. The van der Waals surface area contributed by atoms with Crippen molar-refractivity contribution in [3.8, 4) is 11.7 Å². The van der Waals surface area contributed by atoms with E-state index in [0.717, 1.165) is 0 Å². The highest BCUT2D eigenvalue weighted by Crippen LogP contribution is 2.10. The van der Waals surface area contributed by atoms with Crippen LogP contribution < -0.4 is 0 Å². The van der Waals surface area contributed by atoms with Gasteiger partial charge in [0.05, 0.1) is 0 Å². The number of aromatic nitrogens is 4. The number of hydrogen-bond acceptors (Lipinski definition) is 4. The quantitative estimate of drug-likeness (QED) is 0.593. The minimum Gasteiger partial charge on any atom is -0.421 e. The predicted molar refractivity (Wildman–Crippen MR) is 36.5 cm³/mol. The minimum atomic E-state index is 0.442. The monoisotopic (exact) mass is 150 g/mol. The van der Waals surface area contributed by atoms with E-state index in [1.807, 2.05) is 17.8 Å². The summed E-state index contributed by atoms with van der Waals surface area (Å²) in [6, 6.07) is 0. The number of rotatable bonds is 1. The normalized spacial score (nSPS) is 10.3. The van der Waals surface area contributed by atoms with E-state index in [4.69, 9.17) is 4.42 Å². The molecule has 5 nitrogen and oxygen atoms in total. The molecule has 0 aliphatic carbocycles. The van der Waals surface area contributed by atoms with Crippen molar-refractivity contribution in [2.24, 2.45) is 7.05 Å². The first-order chi connectivity index (χ1) is 5.38. The molecule has 2 heterocycles. The first-order valence-corrected chi connectivity index (χ1v) is 3.12. The van der Waals surface area contributed by atoms with Gasteiger partial charge in [-0.2, -0.15) is 0 Å². The van der Waals surface area contributed by atoms with Crippen molar-refractivity contribution in [3.63, 3.8) is 0 Å². The fourth-order valence-electron chi connectivity index (χ4n) is 0.842. The van der Waals surface area contributed by atoms with Gasteiger partial charge < -0.3 is 8.98 Å². The van der Waals surface area contributed by atoms with E-state index in [1.54, 1.807) is 6.20 Å². The van der Waals surface area contributed by atoms with Crippen molar-refractivity contribution in [3.05, 3.63) is 18.8 Å². The van der Waals surface area contributed by atoms with E-state index in [2.05, 4.69) is 15.2 Å². The molecule has 2 aromatic heterocycles. The molecule has 0 saturated heterocycles. The van der Waals surface area contributed by atoms with Crippen LogP contribution in [-0.4, -0.2) is 19.7 Å². The van der Waals surface area contributed by atoms with E-state index in [1.165, 1.54) is 6.39 Å². The van der Waals surface area contributed by atoms with Crippen molar-refractivity contribution >= 4 is 0 Å². The van der Waals surface area contributed by atoms with Crippen molar-refractivity contribution < 1.29 is 4.42 Å². The smallest absolute Gasteiger partial charge is 0.283 e. The van der Waals surface area contributed by atoms with Gasteiger partial charge in [-0.15, -0.1) is 10.2 Å².